The Morgan fingerprint density at radius 1 is 1.57 bits per heavy atom. The van der Waals surface area contributed by atoms with Gasteiger partial charge in [0, 0.05) is 6.54 Å². The molecule has 7 heavy (non-hydrogen) atoms. The molecule has 0 spiro atoms. The van der Waals surface area contributed by atoms with Gasteiger partial charge in [-0.1, -0.05) is 6.92 Å². The Bertz CT molecular complexity index is 21.7. The van der Waals surface area contributed by atoms with Crippen LogP contribution in [-0.4, -0.2) is 24.8 Å². The predicted molar refractivity (Wildman–Crippen MR) is 30.7 cm³/mol. The molecule has 0 heterocycles. The number of nitrogens with one attached hydrogen (secondary N) is 1. The van der Waals surface area contributed by atoms with Crippen LogP contribution < -0.4 is 11.5 Å². The van der Waals surface area contributed by atoms with E-state index in [1.165, 1.54) is 0 Å². The summed E-state index contributed by atoms with van der Waals surface area (Å²) in [7, 11) is 0. The summed E-state index contributed by atoms with van der Waals surface area (Å²) in [5, 5.41) is 11.1. The van der Waals surface area contributed by atoms with Crippen molar-refractivity contribution >= 4 is 0 Å². The normalized spacial score (nSPS) is 7.71. The molecule has 0 saturated heterocycles. The van der Waals surface area contributed by atoms with E-state index in [1.807, 2.05) is 6.92 Å². The van der Waals surface area contributed by atoms with Gasteiger partial charge in [0.15, 0.2) is 0 Å². The van der Waals surface area contributed by atoms with Crippen molar-refractivity contribution in [3.8, 4) is 0 Å². The minimum atomic E-state index is 0. The molecule has 0 amide bonds. The van der Waals surface area contributed by atoms with E-state index < -0.39 is 0 Å². The molecule has 0 aliphatic heterocycles. The lowest BCUT2D eigenvalue weighted by molar-refractivity contribution is 0.293. The van der Waals surface area contributed by atoms with Gasteiger partial charge in [-0.2, -0.15) is 0 Å². The Morgan fingerprint density at radius 3 is 2.29 bits per heavy atom. The zero-order chi connectivity index (χ0) is 4.83. The number of likely N-dealkylation sites (N-methyl/N-ethyl adjacent to an activating group) is 1. The highest BCUT2D eigenvalue weighted by Crippen LogP contribution is 1.51. The standard InChI is InChI=1S/C4H11NO.H3N/c1-2-5-3-4-6;/h5-6H,2-4H2,1H3;1H3. The third kappa shape index (κ3) is 10.7. The fourth-order valence-corrected chi connectivity index (χ4v) is 0.256. The van der Waals surface area contributed by atoms with Crippen LogP contribution in [0.2, 0.25) is 0 Å². The van der Waals surface area contributed by atoms with E-state index >= 15 is 0 Å². The van der Waals surface area contributed by atoms with E-state index in [0.717, 1.165) is 13.1 Å². The van der Waals surface area contributed by atoms with E-state index in [0.29, 0.717) is 0 Å². The van der Waals surface area contributed by atoms with E-state index in [2.05, 4.69) is 5.32 Å². The zero-order valence-corrected chi connectivity index (χ0v) is 4.78. The highest BCUT2D eigenvalue weighted by atomic mass is 16.3. The average molecular weight is 106 g/mol. The summed E-state index contributed by atoms with van der Waals surface area (Å²) < 4.78 is 0. The number of aliphatic hydroxyl groups excluding tert-OH is 1. The van der Waals surface area contributed by atoms with Gasteiger partial charge in [0.2, 0.25) is 0 Å². The average Bonchev–Trinajstić information content (AvgIpc) is 1.61. The number of hydrogen-bond acceptors (Lipinski definition) is 3. The van der Waals surface area contributed by atoms with Crippen molar-refractivity contribution < 1.29 is 5.11 Å². The molecule has 0 saturated carbocycles. The molecule has 46 valence electrons. The van der Waals surface area contributed by atoms with Crippen LogP contribution in [0.25, 0.3) is 0 Å². The van der Waals surface area contributed by atoms with Crippen molar-refractivity contribution in [2.75, 3.05) is 19.7 Å². The molecule has 0 bridgehead atoms. The lowest BCUT2D eigenvalue weighted by Gasteiger charge is -1.91. The first-order chi connectivity index (χ1) is 2.91. The molecule has 0 atom stereocenters. The molecule has 3 nitrogen and oxygen atoms in total. The van der Waals surface area contributed by atoms with Crippen molar-refractivity contribution in [1.82, 2.24) is 11.5 Å². The summed E-state index contributed by atoms with van der Waals surface area (Å²) in [6.07, 6.45) is 0. The Morgan fingerprint density at radius 2 is 2.14 bits per heavy atom. The van der Waals surface area contributed by atoms with Gasteiger partial charge in [-0.25, -0.2) is 0 Å². The maximum absolute atomic E-state index is 8.13. The maximum atomic E-state index is 8.13. The first-order valence-corrected chi connectivity index (χ1v) is 2.23. The van der Waals surface area contributed by atoms with Gasteiger partial charge in [0.1, 0.15) is 0 Å². The smallest absolute Gasteiger partial charge is 0.0555 e. The molecule has 0 aliphatic carbocycles. The first kappa shape index (κ1) is 9.99. The van der Waals surface area contributed by atoms with Crippen LogP contribution in [0.5, 0.6) is 0 Å². The molecule has 0 aromatic rings. The van der Waals surface area contributed by atoms with Crippen molar-refractivity contribution in [1.29, 1.82) is 0 Å². The van der Waals surface area contributed by atoms with Crippen molar-refractivity contribution in [3.63, 3.8) is 0 Å². The third-order valence-electron chi connectivity index (χ3n) is 0.539. The third-order valence-corrected chi connectivity index (χ3v) is 0.539. The summed E-state index contributed by atoms with van der Waals surface area (Å²) in [5.41, 5.74) is 0. The van der Waals surface area contributed by atoms with Gasteiger partial charge in [-0.3, -0.25) is 0 Å². The van der Waals surface area contributed by atoms with Crippen LogP contribution in [0.4, 0.5) is 0 Å². The van der Waals surface area contributed by atoms with Gasteiger partial charge in [0.25, 0.3) is 0 Å². The second-order valence-corrected chi connectivity index (χ2v) is 1.08. The Kier molecular flexibility index (Phi) is 13.3. The Hall–Kier alpha value is -0.120. The summed E-state index contributed by atoms with van der Waals surface area (Å²) in [5.74, 6) is 0. The predicted octanol–water partition coefficient (Wildman–Crippen LogP) is -0.250. The van der Waals surface area contributed by atoms with Crippen LogP contribution in [0, 0.1) is 0 Å². The zero-order valence-electron chi connectivity index (χ0n) is 4.78. The lowest BCUT2D eigenvalue weighted by atomic mass is 10.6. The number of rotatable bonds is 3. The van der Waals surface area contributed by atoms with Crippen molar-refractivity contribution in [3.05, 3.63) is 0 Å². The second-order valence-electron chi connectivity index (χ2n) is 1.08. The topological polar surface area (TPSA) is 67.3 Å². The summed E-state index contributed by atoms with van der Waals surface area (Å²) in [6, 6.07) is 0. The van der Waals surface area contributed by atoms with Gasteiger partial charge in [0.05, 0.1) is 6.61 Å². The van der Waals surface area contributed by atoms with Crippen LogP contribution >= 0.6 is 0 Å². The highest BCUT2D eigenvalue weighted by molar-refractivity contribution is 4.35. The molecular weight excluding hydrogens is 92.1 g/mol. The van der Waals surface area contributed by atoms with E-state index in [-0.39, 0.29) is 12.8 Å². The first-order valence-electron chi connectivity index (χ1n) is 2.23. The monoisotopic (exact) mass is 106 g/mol. The SMILES string of the molecule is CCNCCO.N. The molecule has 5 N–H and O–H groups in total. The molecule has 0 fully saturated rings. The van der Waals surface area contributed by atoms with Gasteiger partial charge in [-0.05, 0) is 6.54 Å². The van der Waals surface area contributed by atoms with Crippen LogP contribution in [0.1, 0.15) is 6.92 Å². The Labute approximate surface area is 44.3 Å². The molecular formula is C4H14N2O. The van der Waals surface area contributed by atoms with Gasteiger partial charge in [-0.15, -0.1) is 0 Å². The minimum Gasteiger partial charge on any atom is -0.395 e. The second kappa shape index (κ2) is 9.30. The largest absolute Gasteiger partial charge is 0.395 e. The molecule has 0 aromatic carbocycles. The van der Waals surface area contributed by atoms with Crippen LogP contribution in [0.15, 0.2) is 0 Å². The van der Waals surface area contributed by atoms with Crippen molar-refractivity contribution in [2.45, 2.75) is 6.92 Å². The quantitative estimate of drug-likeness (QED) is 0.435. The minimum absolute atomic E-state index is 0. The summed E-state index contributed by atoms with van der Waals surface area (Å²) in [4.78, 5) is 0. The van der Waals surface area contributed by atoms with Crippen LogP contribution in [0.3, 0.4) is 0 Å². The number of aliphatic hydroxyl groups is 1. The molecule has 0 unspecified atom stereocenters. The summed E-state index contributed by atoms with van der Waals surface area (Å²) >= 11 is 0. The van der Waals surface area contributed by atoms with E-state index in [9.17, 15) is 0 Å². The fourth-order valence-electron chi connectivity index (χ4n) is 0.256. The molecule has 0 aliphatic rings. The summed E-state index contributed by atoms with van der Waals surface area (Å²) in [6.45, 7) is 3.92. The van der Waals surface area contributed by atoms with Crippen molar-refractivity contribution in [2.24, 2.45) is 0 Å². The fraction of sp³-hybridized carbons (Fsp3) is 1.00. The highest BCUT2D eigenvalue weighted by Gasteiger charge is 1.72. The van der Waals surface area contributed by atoms with E-state index in [1.54, 1.807) is 0 Å². The molecule has 0 aromatic heterocycles. The molecule has 3 heteroatoms. The van der Waals surface area contributed by atoms with E-state index in [4.69, 9.17) is 5.11 Å². The lowest BCUT2D eigenvalue weighted by Crippen LogP contribution is -2.16. The Balaban J connectivity index is 0. The number of hydrogen-bond donors (Lipinski definition) is 3. The maximum Gasteiger partial charge on any atom is 0.0555 e. The molecule has 0 radical (unpaired) electrons. The molecule has 0 rings (SSSR count). The van der Waals surface area contributed by atoms with Gasteiger partial charge < -0.3 is 16.6 Å². The van der Waals surface area contributed by atoms with Crippen LogP contribution in [-0.2, 0) is 0 Å². The van der Waals surface area contributed by atoms with Gasteiger partial charge >= 0.3 is 0 Å².